The number of fused-ring (bicyclic) bond motifs is 1. The van der Waals surface area contributed by atoms with Crippen LogP contribution >= 0.6 is 0 Å². The summed E-state index contributed by atoms with van der Waals surface area (Å²) in [6.45, 7) is 0. The van der Waals surface area contributed by atoms with E-state index in [2.05, 4.69) is 10.6 Å². The van der Waals surface area contributed by atoms with Gasteiger partial charge in [0.15, 0.2) is 0 Å². The van der Waals surface area contributed by atoms with E-state index in [1.807, 2.05) is 18.2 Å². The van der Waals surface area contributed by atoms with E-state index < -0.39 is 6.04 Å². The van der Waals surface area contributed by atoms with Crippen molar-refractivity contribution >= 4 is 23.2 Å². The third-order valence-corrected chi connectivity index (χ3v) is 3.25. The molecule has 1 unspecified atom stereocenters. The summed E-state index contributed by atoms with van der Waals surface area (Å²) in [5.41, 5.74) is 7.63. The third kappa shape index (κ3) is 1.99. The zero-order valence-electron chi connectivity index (χ0n) is 10.6. The van der Waals surface area contributed by atoms with E-state index in [1.165, 1.54) is 0 Å². The van der Waals surface area contributed by atoms with Gasteiger partial charge in [0.2, 0.25) is 0 Å². The molecule has 100 valence electrons. The van der Waals surface area contributed by atoms with Gasteiger partial charge in [-0.1, -0.05) is 36.4 Å². The molecule has 1 aliphatic rings. The van der Waals surface area contributed by atoms with E-state index in [9.17, 15) is 9.59 Å². The molecule has 1 aliphatic heterocycles. The molecule has 5 heteroatoms. The van der Waals surface area contributed by atoms with Gasteiger partial charge in [-0.15, -0.1) is 0 Å². The minimum Gasteiger partial charge on any atom is -0.398 e. The maximum absolute atomic E-state index is 12.3. The van der Waals surface area contributed by atoms with Gasteiger partial charge >= 0.3 is 0 Å². The molecule has 0 aliphatic carbocycles. The maximum atomic E-state index is 12.3. The van der Waals surface area contributed by atoms with Gasteiger partial charge in [-0.2, -0.15) is 0 Å². The van der Waals surface area contributed by atoms with Crippen molar-refractivity contribution < 1.29 is 9.59 Å². The van der Waals surface area contributed by atoms with Crippen LogP contribution in [-0.2, 0) is 4.79 Å². The molecule has 20 heavy (non-hydrogen) atoms. The highest BCUT2D eigenvalue weighted by atomic mass is 16.2. The predicted octanol–water partition coefficient (Wildman–Crippen LogP) is 1.69. The molecule has 0 bridgehead atoms. The van der Waals surface area contributed by atoms with Crippen molar-refractivity contribution in [2.45, 2.75) is 6.04 Å². The highest BCUT2D eigenvalue weighted by Gasteiger charge is 2.29. The van der Waals surface area contributed by atoms with Gasteiger partial charge in [0.25, 0.3) is 11.8 Å². The normalized spacial score (nSPS) is 17.7. The first-order valence-electron chi connectivity index (χ1n) is 6.22. The van der Waals surface area contributed by atoms with E-state index in [-0.39, 0.29) is 11.8 Å². The lowest BCUT2D eigenvalue weighted by Gasteiger charge is -2.14. The zero-order chi connectivity index (χ0) is 14.1. The van der Waals surface area contributed by atoms with E-state index in [1.54, 1.807) is 30.3 Å². The molecule has 2 amide bonds. The smallest absolute Gasteiger partial charge is 0.256 e. The van der Waals surface area contributed by atoms with Crippen molar-refractivity contribution in [3.63, 3.8) is 0 Å². The molecule has 1 heterocycles. The average molecular weight is 267 g/mol. The molecule has 0 spiro atoms. The zero-order valence-corrected chi connectivity index (χ0v) is 10.6. The van der Waals surface area contributed by atoms with Crippen LogP contribution in [-0.4, -0.2) is 11.8 Å². The second-order valence-electron chi connectivity index (χ2n) is 4.58. The second kappa shape index (κ2) is 4.70. The van der Waals surface area contributed by atoms with Crippen LogP contribution in [0.15, 0.2) is 48.5 Å². The van der Waals surface area contributed by atoms with Gasteiger partial charge in [0.1, 0.15) is 6.04 Å². The summed E-state index contributed by atoms with van der Waals surface area (Å²) in [6.07, 6.45) is 0. The fourth-order valence-corrected chi connectivity index (χ4v) is 2.28. The lowest BCUT2D eigenvalue weighted by atomic mass is 10.1. The summed E-state index contributed by atoms with van der Waals surface area (Å²) in [4.78, 5) is 24.5. The summed E-state index contributed by atoms with van der Waals surface area (Å²) in [5.74, 6) is -0.640. The number of benzene rings is 2. The van der Waals surface area contributed by atoms with E-state index in [0.717, 1.165) is 5.56 Å². The molecule has 3 rings (SSSR count). The molecule has 0 fully saturated rings. The number of nitrogen functional groups attached to an aromatic ring is 1. The SMILES string of the molecule is Nc1cccc2c1C(=O)NC(c1ccccc1)C(=O)N2. The molecule has 1 atom stereocenters. The summed E-state index contributed by atoms with van der Waals surface area (Å²) in [6, 6.07) is 13.4. The van der Waals surface area contributed by atoms with Crippen LogP contribution < -0.4 is 16.4 Å². The Labute approximate surface area is 115 Å². The fourth-order valence-electron chi connectivity index (χ4n) is 2.28. The highest BCUT2D eigenvalue weighted by Crippen LogP contribution is 2.27. The molecule has 0 radical (unpaired) electrons. The number of carbonyl (C=O) groups is 2. The number of carbonyl (C=O) groups excluding carboxylic acids is 2. The third-order valence-electron chi connectivity index (χ3n) is 3.25. The van der Waals surface area contributed by atoms with E-state index >= 15 is 0 Å². The number of hydrogen-bond donors (Lipinski definition) is 3. The number of amides is 2. The van der Waals surface area contributed by atoms with Crippen molar-refractivity contribution in [3.8, 4) is 0 Å². The van der Waals surface area contributed by atoms with Crippen molar-refractivity contribution in [1.29, 1.82) is 0 Å². The number of nitrogens with one attached hydrogen (secondary N) is 2. The van der Waals surface area contributed by atoms with E-state index in [4.69, 9.17) is 5.73 Å². The maximum Gasteiger partial charge on any atom is 0.256 e. The van der Waals surface area contributed by atoms with Gasteiger partial charge in [-0.3, -0.25) is 9.59 Å². The van der Waals surface area contributed by atoms with Crippen molar-refractivity contribution in [2.24, 2.45) is 0 Å². The molecular weight excluding hydrogens is 254 g/mol. The largest absolute Gasteiger partial charge is 0.398 e. The van der Waals surface area contributed by atoms with Crippen molar-refractivity contribution in [2.75, 3.05) is 11.1 Å². The van der Waals surface area contributed by atoms with Crippen LogP contribution in [0.1, 0.15) is 22.0 Å². The topological polar surface area (TPSA) is 84.2 Å². The van der Waals surface area contributed by atoms with Gasteiger partial charge in [0, 0.05) is 5.69 Å². The number of nitrogens with two attached hydrogens (primary N) is 1. The standard InChI is InChI=1S/C15H13N3O2/c16-10-7-4-8-11-12(10)14(19)18-13(15(20)17-11)9-5-2-1-3-6-9/h1-8,13H,16H2,(H,17,20)(H,18,19). The van der Waals surface area contributed by atoms with Gasteiger partial charge in [0.05, 0.1) is 11.3 Å². The molecule has 0 aromatic heterocycles. The molecule has 0 saturated heterocycles. The first kappa shape index (κ1) is 12.2. The minimum atomic E-state index is -0.726. The Bertz CT molecular complexity index is 683. The molecule has 5 nitrogen and oxygen atoms in total. The van der Waals surface area contributed by atoms with Crippen molar-refractivity contribution in [3.05, 3.63) is 59.7 Å². The first-order valence-corrected chi connectivity index (χ1v) is 6.22. The molecule has 2 aromatic rings. The van der Waals surface area contributed by atoms with Crippen molar-refractivity contribution in [1.82, 2.24) is 5.32 Å². The first-order chi connectivity index (χ1) is 9.66. The van der Waals surface area contributed by atoms with Crippen LogP contribution in [0.5, 0.6) is 0 Å². The van der Waals surface area contributed by atoms with E-state index in [0.29, 0.717) is 16.9 Å². The van der Waals surface area contributed by atoms with Gasteiger partial charge < -0.3 is 16.4 Å². The average Bonchev–Trinajstić information content (AvgIpc) is 2.57. The highest BCUT2D eigenvalue weighted by molar-refractivity contribution is 6.12. The number of anilines is 2. The molecule has 4 N–H and O–H groups in total. The Kier molecular flexibility index (Phi) is 2.87. The Balaban J connectivity index is 2.04. The molecule has 0 saturated carbocycles. The quantitative estimate of drug-likeness (QED) is 0.687. The van der Waals surface area contributed by atoms with Crippen LogP contribution in [0, 0.1) is 0 Å². The summed E-state index contributed by atoms with van der Waals surface area (Å²) in [7, 11) is 0. The monoisotopic (exact) mass is 267 g/mol. The lowest BCUT2D eigenvalue weighted by Crippen LogP contribution is -2.33. The molecule has 2 aromatic carbocycles. The number of rotatable bonds is 1. The lowest BCUT2D eigenvalue weighted by molar-refractivity contribution is -0.118. The van der Waals surface area contributed by atoms with Crippen LogP contribution in [0.2, 0.25) is 0 Å². The minimum absolute atomic E-state index is 0.283. The Morgan fingerprint density at radius 2 is 1.70 bits per heavy atom. The summed E-state index contributed by atoms with van der Waals surface area (Å²) < 4.78 is 0. The Hall–Kier alpha value is -2.82. The van der Waals surface area contributed by atoms with Crippen LogP contribution in [0.25, 0.3) is 0 Å². The summed E-state index contributed by atoms with van der Waals surface area (Å²) in [5, 5.41) is 5.45. The van der Waals surface area contributed by atoms with Crippen LogP contribution in [0.4, 0.5) is 11.4 Å². The van der Waals surface area contributed by atoms with Gasteiger partial charge in [-0.05, 0) is 17.7 Å². The Morgan fingerprint density at radius 3 is 2.45 bits per heavy atom. The number of hydrogen-bond acceptors (Lipinski definition) is 3. The summed E-state index contributed by atoms with van der Waals surface area (Å²) >= 11 is 0. The second-order valence-corrected chi connectivity index (χ2v) is 4.58. The Morgan fingerprint density at radius 1 is 0.950 bits per heavy atom. The fraction of sp³-hybridized carbons (Fsp3) is 0.0667. The van der Waals surface area contributed by atoms with Gasteiger partial charge in [-0.25, -0.2) is 0 Å². The molecular formula is C15H13N3O2. The predicted molar refractivity (Wildman–Crippen MR) is 76.1 cm³/mol. The van der Waals surface area contributed by atoms with Crippen LogP contribution in [0.3, 0.4) is 0 Å².